The molecule has 0 saturated carbocycles. The van der Waals surface area contributed by atoms with Gasteiger partial charge in [-0.2, -0.15) is 0 Å². The van der Waals surface area contributed by atoms with E-state index in [1.165, 1.54) is 10.5 Å². The summed E-state index contributed by atoms with van der Waals surface area (Å²) in [6.45, 7) is 3.80. The first-order valence-electron chi connectivity index (χ1n) is 9.25. The van der Waals surface area contributed by atoms with Gasteiger partial charge < -0.3 is 15.4 Å². The van der Waals surface area contributed by atoms with Gasteiger partial charge in [0.2, 0.25) is 5.91 Å². The molecule has 0 atom stereocenters. The minimum absolute atomic E-state index is 0.119. The molecule has 0 unspecified atom stereocenters. The Hall–Kier alpha value is -2.02. The van der Waals surface area contributed by atoms with Crippen molar-refractivity contribution in [1.29, 1.82) is 0 Å². The average molecular weight is 386 g/mol. The maximum absolute atomic E-state index is 11.5. The highest BCUT2D eigenvalue weighted by molar-refractivity contribution is 7.98. The molecule has 1 aliphatic heterocycles. The number of nitrogens with zero attached hydrogens (tertiary/aromatic N) is 1. The van der Waals surface area contributed by atoms with E-state index in [1.807, 2.05) is 25.2 Å². The predicted molar refractivity (Wildman–Crippen MR) is 111 cm³/mol. The third-order valence-electron chi connectivity index (χ3n) is 4.61. The van der Waals surface area contributed by atoms with Gasteiger partial charge in [0.1, 0.15) is 11.5 Å². The number of thioether (sulfide) groups is 1. The summed E-state index contributed by atoms with van der Waals surface area (Å²) < 4.78 is 6.11. The summed E-state index contributed by atoms with van der Waals surface area (Å²) in [4.78, 5) is 14.9. The van der Waals surface area contributed by atoms with Crippen molar-refractivity contribution in [3.05, 3.63) is 53.6 Å². The van der Waals surface area contributed by atoms with E-state index in [-0.39, 0.29) is 5.91 Å². The molecule has 0 aliphatic carbocycles. The molecule has 1 aliphatic rings. The zero-order valence-corrected chi connectivity index (χ0v) is 16.8. The highest BCUT2D eigenvalue weighted by atomic mass is 32.2. The third kappa shape index (κ3) is 5.73. The van der Waals surface area contributed by atoms with Gasteiger partial charge in [-0.25, -0.2) is 0 Å². The number of carbonyl (C=O) groups is 1. The summed E-state index contributed by atoms with van der Waals surface area (Å²) in [7, 11) is 1.94. The van der Waals surface area contributed by atoms with E-state index >= 15 is 0 Å². The number of carbonyl (C=O) groups excluding carboxylic acids is 1. The maximum Gasteiger partial charge on any atom is 0.234 e. The van der Waals surface area contributed by atoms with Crippen molar-refractivity contribution in [3.8, 4) is 11.5 Å². The molecule has 2 aromatic carbocycles. The summed E-state index contributed by atoms with van der Waals surface area (Å²) in [6, 6.07) is 14.5. The van der Waals surface area contributed by atoms with Crippen LogP contribution in [0.25, 0.3) is 0 Å². The topological polar surface area (TPSA) is 53.6 Å². The molecule has 6 heteroatoms. The fourth-order valence-corrected chi connectivity index (χ4v) is 3.57. The van der Waals surface area contributed by atoms with Gasteiger partial charge in [0.05, 0.1) is 6.54 Å². The Kier molecular flexibility index (Phi) is 7.15. The van der Waals surface area contributed by atoms with Crippen LogP contribution in [-0.2, 0) is 17.8 Å². The number of nitrogens with one attached hydrogen (secondary N) is 2. The molecule has 5 nitrogen and oxygen atoms in total. The maximum atomic E-state index is 11.5. The molecule has 0 radical (unpaired) electrons. The second kappa shape index (κ2) is 9.78. The van der Waals surface area contributed by atoms with E-state index in [0.717, 1.165) is 49.7 Å². The molecule has 144 valence electrons. The lowest BCUT2D eigenvalue weighted by atomic mass is 10.1. The van der Waals surface area contributed by atoms with Crippen LogP contribution in [0, 0.1) is 0 Å². The second-order valence-corrected chi connectivity index (χ2v) is 7.51. The predicted octanol–water partition coefficient (Wildman–Crippen LogP) is 2.89. The van der Waals surface area contributed by atoms with Gasteiger partial charge in [0.25, 0.3) is 0 Å². The van der Waals surface area contributed by atoms with Gasteiger partial charge in [0, 0.05) is 36.6 Å². The van der Waals surface area contributed by atoms with Crippen LogP contribution in [0.3, 0.4) is 0 Å². The lowest BCUT2D eigenvalue weighted by molar-refractivity contribution is -0.124. The average Bonchev–Trinajstić information content (AvgIpc) is 2.69. The van der Waals surface area contributed by atoms with E-state index in [9.17, 15) is 4.79 Å². The van der Waals surface area contributed by atoms with Crippen LogP contribution in [0.5, 0.6) is 11.5 Å². The minimum atomic E-state index is 0.119. The molecule has 0 bridgehead atoms. The largest absolute Gasteiger partial charge is 0.457 e. The van der Waals surface area contributed by atoms with Crippen molar-refractivity contribution >= 4 is 17.7 Å². The number of hydrogen-bond donors (Lipinski definition) is 2. The van der Waals surface area contributed by atoms with Gasteiger partial charge in [-0.05, 0) is 55.6 Å². The van der Waals surface area contributed by atoms with Crippen molar-refractivity contribution in [1.82, 2.24) is 15.5 Å². The van der Waals surface area contributed by atoms with Crippen LogP contribution in [0.15, 0.2) is 47.4 Å². The van der Waals surface area contributed by atoms with Crippen molar-refractivity contribution in [2.45, 2.75) is 17.9 Å². The normalized spacial score (nSPS) is 14.8. The Morgan fingerprint density at radius 1 is 1.22 bits per heavy atom. The van der Waals surface area contributed by atoms with E-state index in [4.69, 9.17) is 4.74 Å². The number of ether oxygens (including phenoxy) is 1. The Morgan fingerprint density at radius 3 is 2.74 bits per heavy atom. The van der Waals surface area contributed by atoms with Crippen LogP contribution in [-0.4, -0.2) is 50.3 Å². The fraction of sp³-hybridized carbons (Fsp3) is 0.381. The van der Waals surface area contributed by atoms with E-state index in [0.29, 0.717) is 6.54 Å². The summed E-state index contributed by atoms with van der Waals surface area (Å²) in [5.41, 5.74) is 2.40. The smallest absolute Gasteiger partial charge is 0.234 e. The van der Waals surface area contributed by atoms with Gasteiger partial charge in [0.15, 0.2) is 0 Å². The molecule has 2 N–H and O–H groups in total. The minimum Gasteiger partial charge on any atom is -0.457 e. The molecule has 1 saturated heterocycles. The van der Waals surface area contributed by atoms with E-state index in [2.05, 4.69) is 46.1 Å². The lowest BCUT2D eigenvalue weighted by Gasteiger charge is -2.26. The Morgan fingerprint density at radius 2 is 2.04 bits per heavy atom. The number of hydrogen-bond acceptors (Lipinski definition) is 5. The summed E-state index contributed by atoms with van der Waals surface area (Å²) in [5, 5.41) is 6.09. The number of rotatable bonds is 8. The van der Waals surface area contributed by atoms with Gasteiger partial charge in [-0.15, -0.1) is 11.8 Å². The van der Waals surface area contributed by atoms with Crippen LogP contribution < -0.4 is 15.4 Å². The summed E-state index contributed by atoms with van der Waals surface area (Å²) in [5.74, 6) is 1.84. The van der Waals surface area contributed by atoms with E-state index < -0.39 is 0 Å². The highest BCUT2D eigenvalue weighted by Gasteiger charge is 2.15. The molecule has 27 heavy (non-hydrogen) atoms. The first-order valence-corrected chi connectivity index (χ1v) is 10.5. The number of piperazine rings is 1. The zero-order valence-electron chi connectivity index (χ0n) is 16.0. The van der Waals surface area contributed by atoms with Crippen LogP contribution in [0.1, 0.15) is 11.1 Å². The summed E-state index contributed by atoms with van der Waals surface area (Å²) in [6.07, 6.45) is 2.99. The van der Waals surface area contributed by atoms with Crippen molar-refractivity contribution < 1.29 is 9.53 Å². The van der Waals surface area contributed by atoms with Gasteiger partial charge in [-0.3, -0.25) is 9.69 Å². The monoisotopic (exact) mass is 385 g/mol. The zero-order chi connectivity index (χ0) is 19.1. The SMILES string of the molecule is CNCc1cc(CCN2CCNC(=O)C2)ccc1Oc1ccc(SC)cc1. The van der Waals surface area contributed by atoms with Gasteiger partial charge >= 0.3 is 0 Å². The first-order chi connectivity index (χ1) is 13.2. The fourth-order valence-electron chi connectivity index (χ4n) is 3.16. The quantitative estimate of drug-likeness (QED) is 0.685. The standard InChI is InChI=1S/C21H27N3O2S/c1-22-14-17-13-16(9-11-24-12-10-23-21(25)15-24)3-8-20(17)26-18-4-6-19(27-2)7-5-18/h3-8,13,22H,9-12,14-15H2,1-2H3,(H,23,25). The Balaban J connectivity index is 1.66. The van der Waals surface area contributed by atoms with Gasteiger partial charge in [-0.1, -0.05) is 12.1 Å². The van der Waals surface area contributed by atoms with Crippen molar-refractivity contribution in [2.75, 3.05) is 39.5 Å². The lowest BCUT2D eigenvalue weighted by Crippen LogP contribution is -2.48. The first kappa shape index (κ1) is 19.7. The molecule has 1 fully saturated rings. The molecular weight excluding hydrogens is 358 g/mol. The molecule has 3 rings (SSSR count). The molecule has 1 heterocycles. The van der Waals surface area contributed by atoms with Crippen LogP contribution >= 0.6 is 11.8 Å². The number of benzene rings is 2. The van der Waals surface area contributed by atoms with Crippen LogP contribution in [0.4, 0.5) is 0 Å². The second-order valence-electron chi connectivity index (χ2n) is 6.63. The third-order valence-corrected chi connectivity index (χ3v) is 5.36. The number of amides is 1. The van der Waals surface area contributed by atoms with Crippen molar-refractivity contribution in [3.63, 3.8) is 0 Å². The molecule has 0 spiro atoms. The molecular formula is C21H27N3O2S. The Labute approximate surface area is 165 Å². The van der Waals surface area contributed by atoms with E-state index in [1.54, 1.807) is 11.8 Å². The molecule has 0 aromatic heterocycles. The molecule has 1 amide bonds. The molecule has 2 aromatic rings. The Bertz CT molecular complexity index is 765. The van der Waals surface area contributed by atoms with Crippen LogP contribution in [0.2, 0.25) is 0 Å². The van der Waals surface area contributed by atoms with Crippen molar-refractivity contribution in [2.24, 2.45) is 0 Å². The highest BCUT2D eigenvalue weighted by Crippen LogP contribution is 2.28. The summed E-state index contributed by atoms with van der Waals surface area (Å²) >= 11 is 1.72.